The third-order valence-electron chi connectivity index (χ3n) is 3.16. The Morgan fingerprint density at radius 3 is 3.10 bits per heavy atom. The highest BCUT2D eigenvalue weighted by atomic mass is 16.5. The van der Waals surface area contributed by atoms with Crippen molar-refractivity contribution in [2.75, 3.05) is 13.2 Å². The Balaban J connectivity index is 2.21. The van der Waals surface area contributed by atoms with Crippen molar-refractivity contribution in [3.05, 3.63) is 42.0 Å². The average Bonchev–Trinajstić information content (AvgIpc) is 2.82. The van der Waals surface area contributed by atoms with E-state index in [4.69, 9.17) is 9.47 Å². The van der Waals surface area contributed by atoms with Gasteiger partial charge in [0.2, 0.25) is 5.91 Å². The number of hydrogen-bond acceptors (Lipinski definition) is 3. The minimum Gasteiger partial charge on any atom is -0.493 e. The van der Waals surface area contributed by atoms with E-state index in [2.05, 4.69) is 11.9 Å². The Hall–Kier alpha value is -2.23. The van der Waals surface area contributed by atoms with Crippen LogP contribution in [0.25, 0.3) is 6.08 Å². The summed E-state index contributed by atoms with van der Waals surface area (Å²) in [5.74, 6) is 1.49. The molecule has 1 aromatic rings. The number of carbonyl (C=O) groups is 1. The van der Waals surface area contributed by atoms with Crippen molar-refractivity contribution < 1.29 is 14.3 Å². The van der Waals surface area contributed by atoms with E-state index in [0.717, 1.165) is 29.0 Å². The Labute approximate surface area is 125 Å². The molecule has 0 aliphatic carbocycles. The van der Waals surface area contributed by atoms with Gasteiger partial charge in [-0.05, 0) is 32.1 Å². The average molecular weight is 287 g/mol. The molecule has 0 fully saturated rings. The van der Waals surface area contributed by atoms with Gasteiger partial charge in [-0.3, -0.25) is 4.79 Å². The molecule has 0 unspecified atom stereocenters. The number of hydrogen-bond donors (Lipinski definition) is 1. The van der Waals surface area contributed by atoms with Gasteiger partial charge in [0.15, 0.2) is 0 Å². The lowest BCUT2D eigenvalue weighted by atomic mass is 10.1. The number of nitrogens with one attached hydrogen (secondary N) is 1. The predicted molar refractivity (Wildman–Crippen MR) is 83.6 cm³/mol. The summed E-state index contributed by atoms with van der Waals surface area (Å²) in [6, 6.07) is 3.94. The molecule has 1 aliphatic heterocycles. The third-order valence-corrected chi connectivity index (χ3v) is 3.16. The second-order valence-corrected chi connectivity index (χ2v) is 4.93. The van der Waals surface area contributed by atoms with Crippen LogP contribution in [0.3, 0.4) is 0 Å². The van der Waals surface area contributed by atoms with Crippen molar-refractivity contribution in [3.63, 3.8) is 0 Å². The van der Waals surface area contributed by atoms with Crippen LogP contribution in [0.2, 0.25) is 0 Å². The first-order valence-corrected chi connectivity index (χ1v) is 7.17. The van der Waals surface area contributed by atoms with E-state index in [-0.39, 0.29) is 12.0 Å². The molecule has 1 aliphatic rings. The summed E-state index contributed by atoms with van der Waals surface area (Å²) < 4.78 is 11.4. The van der Waals surface area contributed by atoms with E-state index in [0.29, 0.717) is 13.2 Å². The summed E-state index contributed by atoms with van der Waals surface area (Å²) in [6.45, 7) is 8.57. The standard InChI is InChI=1S/C17H21NO3/c1-4-8-18-17(19)7-6-13-10-16-14(9-12(3)21-16)11-15(13)20-5-2/h4,6-7,10-12H,1,5,8-9H2,2-3H3,(H,18,19)/b7-6+/t12-/m0/s1. The zero-order valence-electron chi connectivity index (χ0n) is 12.5. The Bertz CT molecular complexity index is 563. The van der Waals surface area contributed by atoms with Crippen LogP contribution >= 0.6 is 0 Å². The monoisotopic (exact) mass is 287 g/mol. The zero-order chi connectivity index (χ0) is 15.2. The molecule has 0 radical (unpaired) electrons. The topological polar surface area (TPSA) is 47.6 Å². The lowest BCUT2D eigenvalue weighted by molar-refractivity contribution is -0.116. The van der Waals surface area contributed by atoms with Crippen LogP contribution in [0.4, 0.5) is 0 Å². The molecule has 2 rings (SSSR count). The number of fused-ring (bicyclic) bond motifs is 1. The smallest absolute Gasteiger partial charge is 0.244 e. The Morgan fingerprint density at radius 2 is 2.38 bits per heavy atom. The van der Waals surface area contributed by atoms with E-state index in [1.54, 1.807) is 12.2 Å². The lowest BCUT2D eigenvalue weighted by Gasteiger charge is -2.10. The van der Waals surface area contributed by atoms with E-state index >= 15 is 0 Å². The second kappa shape index (κ2) is 6.97. The fourth-order valence-electron chi connectivity index (χ4n) is 2.26. The molecular formula is C17H21NO3. The van der Waals surface area contributed by atoms with Gasteiger partial charge >= 0.3 is 0 Å². The van der Waals surface area contributed by atoms with Crippen LogP contribution in [-0.4, -0.2) is 25.2 Å². The molecule has 1 aromatic carbocycles. The van der Waals surface area contributed by atoms with Crippen molar-refractivity contribution in [1.29, 1.82) is 0 Å². The molecule has 4 nitrogen and oxygen atoms in total. The molecule has 4 heteroatoms. The van der Waals surface area contributed by atoms with Crippen LogP contribution in [0.15, 0.2) is 30.9 Å². The minimum absolute atomic E-state index is 0.160. The molecule has 0 bridgehead atoms. The van der Waals surface area contributed by atoms with Crippen molar-refractivity contribution in [2.45, 2.75) is 26.4 Å². The lowest BCUT2D eigenvalue weighted by Crippen LogP contribution is -2.20. The van der Waals surface area contributed by atoms with Gasteiger partial charge in [0, 0.05) is 30.2 Å². The first kappa shape index (κ1) is 15.2. The van der Waals surface area contributed by atoms with Crippen molar-refractivity contribution in [1.82, 2.24) is 5.32 Å². The number of carbonyl (C=O) groups excluding carboxylic acids is 1. The number of benzene rings is 1. The summed E-state index contributed by atoms with van der Waals surface area (Å²) in [6.07, 6.45) is 5.95. The van der Waals surface area contributed by atoms with Gasteiger partial charge in [-0.25, -0.2) is 0 Å². The van der Waals surface area contributed by atoms with Crippen LogP contribution in [0, 0.1) is 0 Å². The van der Waals surface area contributed by atoms with Crippen LogP contribution in [0.5, 0.6) is 11.5 Å². The van der Waals surface area contributed by atoms with Gasteiger partial charge in [0.25, 0.3) is 0 Å². The Morgan fingerprint density at radius 1 is 1.57 bits per heavy atom. The molecule has 0 saturated carbocycles. The van der Waals surface area contributed by atoms with Gasteiger partial charge < -0.3 is 14.8 Å². The number of amides is 1. The number of rotatable bonds is 6. The largest absolute Gasteiger partial charge is 0.493 e. The maximum Gasteiger partial charge on any atom is 0.244 e. The molecule has 1 heterocycles. The summed E-state index contributed by atoms with van der Waals surface area (Å²) in [5.41, 5.74) is 2.00. The summed E-state index contributed by atoms with van der Waals surface area (Å²) in [7, 11) is 0. The highest BCUT2D eigenvalue weighted by Crippen LogP contribution is 2.35. The molecule has 0 saturated heterocycles. The Kier molecular flexibility index (Phi) is 5.04. The SMILES string of the molecule is C=CCNC(=O)/C=C/c1cc2c(cc1OCC)C[C@H](C)O2. The molecule has 0 spiro atoms. The van der Waals surface area contributed by atoms with Crippen LogP contribution in [0.1, 0.15) is 25.0 Å². The first-order chi connectivity index (χ1) is 10.1. The molecular weight excluding hydrogens is 266 g/mol. The second-order valence-electron chi connectivity index (χ2n) is 4.93. The summed E-state index contributed by atoms with van der Waals surface area (Å²) in [4.78, 5) is 11.6. The van der Waals surface area contributed by atoms with E-state index < -0.39 is 0 Å². The van der Waals surface area contributed by atoms with Crippen molar-refractivity contribution >= 4 is 12.0 Å². The number of ether oxygens (including phenoxy) is 2. The summed E-state index contributed by atoms with van der Waals surface area (Å²) in [5, 5.41) is 2.70. The van der Waals surface area contributed by atoms with E-state index in [9.17, 15) is 4.79 Å². The predicted octanol–water partition coefficient (Wildman–Crippen LogP) is 2.72. The maximum absolute atomic E-state index is 11.6. The quantitative estimate of drug-likeness (QED) is 0.646. The normalized spacial score (nSPS) is 16.4. The van der Waals surface area contributed by atoms with Gasteiger partial charge in [0.1, 0.15) is 17.6 Å². The molecule has 1 N–H and O–H groups in total. The van der Waals surface area contributed by atoms with Gasteiger partial charge in [0.05, 0.1) is 6.61 Å². The van der Waals surface area contributed by atoms with Gasteiger partial charge in [-0.15, -0.1) is 6.58 Å². The molecule has 0 aromatic heterocycles. The molecule has 21 heavy (non-hydrogen) atoms. The van der Waals surface area contributed by atoms with Crippen LogP contribution < -0.4 is 14.8 Å². The van der Waals surface area contributed by atoms with Crippen molar-refractivity contribution in [3.8, 4) is 11.5 Å². The molecule has 1 amide bonds. The maximum atomic E-state index is 11.6. The minimum atomic E-state index is -0.160. The van der Waals surface area contributed by atoms with Crippen molar-refractivity contribution in [2.24, 2.45) is 0 Å². The first-order valence-electron chi connectivity index (χ1n) is 7.17. The summed E-state index contributed by atoms with van der Waals surface area (Å²) >= 11 is 0. The molecule has 1 atom stereocenters. The molecule has 112 valence electrons. The van der Waals surface area contributed by atoms with E-state index in [1.165, 1.54) is 6.08 Å². The highest BCUT2D eigenvalue weighted by molar-refractivity contribution is 5.92. The van der Waals surface area contributed by atoms with E-state index in [1.807, 2.05) is 26.0 Å². The van der Waals surface area contributed by atoms with Gasteiger partial charge in [-0.1, -0.05) is 6.08 Å². The fourth-order valence-corrected chi connectivity index (χ4v) is 2.26. The van der Waals surface area contributed by atoms with Crippen LogP contribution in [-0.2, 0) is 11.2 Å². The zero-order valence-corrected chi connectivity index (χ0v) is 12.5. The van der Waals surface area contributed by atoms with Gasteiger partial charge in [-0.2, -0.15) is 0 Å². The fraction of sp³-hybridized carbons (Fsp3) is 0.353. The third kappa shape index (κ3) is 3.88. The highest BCUT2D eigenvalue weighted by Gasteiger charge is 2.21.